The zero-order chi connectivity index (χ0) is 22.8. The van der Waals surface area contributed by atoms with Crippen LogP contribution in [0.25, 0.3) is 0 Å². The summed E-state index contributed by atoms with van der Waals surface area (Å²) in [5, 5.41) is 0. The predicted octanol–water partition coefficient (Wildman–Crippen LogP) is 11.1. The van der Waals surface area contributed by atoms with Crippen LogP contribution in [0, 0.1) is 35.5 Å². The van der Waals surface area contributed by atoms with Gasteiger partial charge in [0.15, 0.2) is 0 Å². The van der Waals surface area contributed by atoms with Gasteiger partial charge < -0.3 is 0 Å². The first-order valence-electron chi connectivity index (χ1n) is 14.2. The van der Waals surface area contributed by atoms with Crippen LogP contribution >= 0.6 is 0 Å². The Bertz CT molecular complexity index is 342. The number of hydrogen-bond acceptors (Lipinski definition) is 0. The summed E-state index contributed by atoms with van der Waals surface area (Å²) < 4.78 is 0. The van der Waals surface area contributed by atoms with Crippen molar-refractivity contribution in [1.29, 1.82) is 0 Å². The van der Waals surface area contributed by atoms with Crippen molar-refractivity contribution in [3.05, 3.63) is 0 Å². The van der Waals surface area contributed by atoms with Gasteiger partial charge in [-0.05, 0) is 35.5 Å². The first kappa shape index (κ1) is 30.0. The monoisotopic (exact) mass is 422 g/mol. The van der Waals surface area contributed by atoms with Crippen LogP contribution in [0.1, 0.15) is 158 Å². The summed E-state index contributed by atoms with van der Waals surface area (Å²) in [5.41, 5.74) is 0. The average molecular weight is 423 g/mol. The molecular weight excluding hydrogens is 360 g/mol. The third kappa shape index (κ3) is 19.9. The van der Waals surface area contributed by atoms with E-state index in [1.165, 1.54) is 103 Å². The molecule has 0 heterocycles. The smallest absolute Gasteiger partial charge is 0.0420 e. The van der Waals surface area contributed by atoms with E-state index in [-0.39, 0.29) is 0 Å². The summed E-state index contributed by atoms with van der Waals surface area (Å²) in [7, 11) is 0. The van der Waals surface area contributed by atoms with Gasteiger partial charge in [-0.1, -0.05) is 158 Å². The SMILES string of the molecule is CC(C)CCCC(C)CCCC(C)CCCCC(C)CCCCCCC(C)C(C)C. The molecule has 0 bridgehead atoms. The molecule has 0 aliphatic rings. The van der Waals surface area contributed by atoms with Gasteiger partial charge in [0.2, 0.25) is 0 Å². The minimum atomic E-state index is 0.857. The van der Waals surface area contributed by atoms with Crippen LogP contribution in [-0.4, -0.2) is 0 Å². The zero-order valence-corrected chi connectivity index (χ0v) is 22.8. The van der Waals surface area contributed by atoms with Gasteiger partial charge in [0.1, 0.15) is 0 Å². The molecule has 30 heavy (non-hydrogen) atoms. The van der Waals surface area contributed by atoms with E-state index in [1.54, 1.807) is 0 Å². The van der Waals surface area contributed by atoms with E-state index in [0.29, 0.717) is 0 Å². The molecule has 0 rings (SSSR count). The number of unbranched alkanes of at least 4 members (excludes halogenated alkanes) is 4. The van der Waals surface area contributed by atoms with Gasteiger partial charge in [0, 0.05) is 0 Å². The standard InChI is InChI=1S/C30H62/c1-25(2)17-15-21-29(7)23-16-22-28(6)20-14-13-19-27(5)18-11-9-10-12-24-30(8)26(3)4/h25-30H,9-24H2,1-8H3. The molecule has 0 aromatic carbocycles. The fourth-order valence-electron chi connectivity index (χ4n) is 4.75. The molecule has 0 aliphatic heterocycles. The lowest BCUT2D eigenvalue weighted by Gasteiger charge is -2.16. The first-order valence-corrected chi connectivity index (χ1v) is 14.2. The molecule has 0 N–H and O–H groups in total. The molecule has 0 nitrogen and oxygen atoms in total. The highest BCUT2D eigenvalue weighted by molar-refractivity contribution is 4.61. The molecule has 4 atom stereocenters. The molecule has 0 fully saturated rings. The van der Waals surface area contributed by atoms with Crippen LogP contribution in [0.15, 0.2) is 0 Å². The summed E-state index contributed by atoms with van der Waals surface area (Å²) in [6, 6.07) is 0. The highest BCUT2D eigenvalue weighted by Crippen LogP contribution is 2.23. The van der Waals surface area contributed by atoms with Crippen molar-refractivity contribution in [2.45, 2.75) is 158 Å². The summed E-state index contributed by atoms with van der Waals surface area (Å²) in [4.78, 5) is 0. The Morgan fingerprint density at radius 1 is 0.333 bits per heavy atom. The predicted molar refractivity (Wildman–Crippen MR) is 140 cm³/mol. The molecule has 0 aromatic rings. The quantitative estimate of drug-likeness (QED) is 0.161. The van der Waals surface area contributed by atoms with Gasteiger partial charge >= 0.3 is 0 Å². The third-order valence-corrected chi connectivity index (χ3v) is 7.76. The Kier molecular flexibility index (Phi) is 19.7. The van der Waals surface area contributed by atoms with Crippen LogP contribution in [-0.2, 0) is 0 Å². The minimum Gasteiger partial charge on any atom is -0.0628 e. The second-order valence-corrected chi connectivity index (χ2v) is 12.1. The average Bonchev–Trinajstić information content (AvgIpc) is 2.67. The topological polar surface area (TPSA) is 0 Å². The molecule has 0 saturated heterocycles. The number of rotatable bonds is 21. The molecule has 0 saturated carbocycles. The van der Waals surface area contributed by atoms with E-state index in [0.717, 1.165) is 35.5 Å². The maximum Gasteiger partial charge on any atom is -0.0420 e. The summed E-state index contributed by atoms with van der Waals surface area (Å²) in [6.45, 7) is 19.3. The second kappa shape index (κ2) is 19.7. The Morgan fingerprint density at radius 3 is 1.07 bits per heavy atom. The van der Waals surface area contributed by atoms with E-state index < -0.39 is 0 Å². The van der Waals surface area contributed by atoms with Crippen LogP contribution in [0.2, 0.25) is 0 Å². The van der Waals surface area contributed by atoms with E-state index in [1.807, 2.05) is 0 Å². The van der Waals surface area contributed by atoms with Gasteiger partial charge in [0.25, 0.3) is 0 Å². The van der Waals surface area contributed by atoms with Crippen molar-refractivity contribution >= 4 is 0 Å². The van der Waals surface area contributed by atoms with E-state index >= 15 is 0 Å². The first-order chi connectivity index (χ1) is 14.2. The van der Waals surface area contributed by atoms with Crippen molar-refractivity contribution < 1.29 is 0 Å². The summed E-state index contributed by atoms with van der Waals surface area (Å²) >= 11 is 0. The highest BCUT2D eigenvalue weighted by Gasteiger charge is 2.08. The van der Waals surface area contributed by atoms with Gasteiger partial charge in [-0.3, -0.25) is 0 Å². The Balaban J connectivity index is 3.48. The Morgan fingerprint density at radius 2 is 0.667 bits per heavy atom. The lowest BCUT2D eigenvalue weighted by molar-refractivity contribution is 0.367. The van der Waals surface area contributed by atoms with Crippen LogP contribution in [0.3, 0.4) is 0 Å². The van der Waals surface area contributed by atoms with Gasteiger partial charge in [-0.2, -0.15) is 0 Å². The van der Waals surface area contributed by atoms with E-state index in [4.69, 9.17) is 0 Å². The van der Waals surface area contributed by atoms with Crippen LogP contribution < -0.4 is 0 Å². The molecular formula is C30H62. The molecule has 4 unspecified atom stereocenters. The van der Waals surface area contributed by atoms with Crippen molar-refractivity contribution in [3.63, 3.8) is 0 Å². The molecule has 0 aliphatic carbocycles. The molecule has 182 valence electrons. The summed E-state index contributed by atoms with van der Waals surface area (Å²) in [5.74, 6) is 5.47. The van der Waals surface area contributed by atoms with Crippen molar-refractivity contribution in [1.82, 2.24) is 0 Å². The summed E-state index contributed by atoms with van der Waals surface area (Å²) in [6.07, 6.45) is 23.2. The van der Waals surface area contributed by atoms with Crippen LogP contribution in [0.4, 0.5) is 0 Å². The van der Waals surface area contributed by atoms with Crippen LogP contribution in [0.5, 0.6) is 0 Å². The van der Waals surface area contributed by atoms with Gasteiger partial charge in [-0.25, -0.2) is 0 Å². The molecule has 0 amide bonds. The van der Waals surface area contributed by atoms with Crippen molar-refractivity contribution in [3.8, 4) is 0 Å². The zero-order valence-electron chi connectivity index (χ0n) is 22.8. The van der Waals surface area contributed by atoms with Crippen molar-refractivity contribution in [2.24, 2.45) is 35.5 Å². The largest absolute Gasteiger partial charge is 0.0628 e. The highest BCUT2D eigenvalue weighted by atomic mass is 14.1. The van der Waals surface area contributed by atoms with Gasteiger partial charge in [-0.15, -0.1) is 0 Å². The molecule has 0 aromatic heterocycles. The lowest BCUT2D eigenvalue weighted by Crippen LogP contribution is -2.03. The molecule has 0 spiro atoms. The fraction of sp³-hybridized carbons (Fsp3) is 1.00. The molecule has 0 radical (unpaired) electrons. The molecule has 0 heteroatoms. The van der Waals surface area contributed by atoms with Gasteiger partial charge in [0.05, 0.1) is 0 Å². The second-order valence-electron chi connectivity index (χ2n) is 12.1. The minimum absolute atomic E-state index is 0.857. The Labute approximate surface area is 193 Å². The van der Waals surface area contributed by atoms with E-state index in [9.17, 15) is 0 Å². The number of hydrogen-bond donors (Lipinski definition) is 0. The fourth-order valence-corrected chi connectivity index (χ4v) is 4.75. The maximum atomic E-state index is 2.49. The Hall–Kier alpha value is 0. The lowest BCUT2D eigenvalue weighted by atomic mass is 9.90. The maximum absolute atomic E-state index is 2.49. The normalized spacial score (nSPS) is 16.2. The van der Waals surface area contributed by atoms with Crippen molar-refractivity contribution in [2.75, 3.05) is 0 Å². The third-order valence-electron chi connectivity index (χ3n) is 7.76. The van der Waals surface area contributed by atoms with E-state index in [2.05, 4.69) is 55.4 Å².